The minimum absolute atomic E-state index is 0. The van der Waals surface area contributed by atoms with E-state index in [2.05, 4.69) is 54.0 Å². The van der Waals surface area contributed by atoms with Crippen LogP contribution in [0.3, 0.4) is 0 Å². The SMILES string of the molecule is CCc1ccc(C2CNCCN2C(=O)CCCc2ccc3c(c2)CC(=O)N3)cc1.Cl. The Morgan fingerprint density at radius 3 is 2.67 bits per heavy atom. The fraction of sp³-hybridized carbons (Fsp3) is 0.417. The molecule has 1 saturated heterocycles. The van der Waals surface area contributed by atoms with Gasteiger partial charge in [0.1, 0.15) is 0 Å². The number of aryl methyl sites for hydroxylation is 2. The first-order valence-electron chi connectivity index (χ1n) is 10.6. The topological polar surface area (TPSA) is 61.4 Å². The molecule has 2 aliphatic heterocycles. The van der Waals surface area contributed by atoms with Gasteiger partial charge in [-0.1, -0.05) is 43.3 Å². The van der Waals surface area contributed by atoms with Gasteiger partial charge in [0.15, 0.2) is 0 Å². The van der Waals surface area contributed by atoms with Crippen molar-refractivity contribution in [3.8, 4) is 0 Å². The lowest BCUT2D eigenvalue weighted by atomic mass is 9.99. The maximum atomic E-state index is 13.0. The van der Waals surface area contributed by atoms with Crippen molar-refractivity contribution < 1.29 is 9.59 Å². The Bertz CT molecular complexity index is 898. The van der Waals surface area contributed by atoms with Crippen LogP contribution in [0.2, 0.25) is 0 Å². The van der Waals surface area contributed by atoms with Gasteiger partial charge in [0.2, 0.25) is 11.8 Å². The number of rotatable bonds is 6. The molecule has 4 rings (SSSR count). The van der Waals surface area contributed by atoms with E-state index in [4.69, 9.17) is 0 Å². The van der Waals surface area contributed by atoms with Crippen LogP contribution in [0.25, 0.3) is 0 Å². The molecule has 160 valence electrons. The number of piperazine rings is 1. The standard InChI is InChI=1S/C24H29N3O2.ClH/c1-2-17-6-9-19(10-7-17)22-16-25-12-13-27(22)24(29)5-3-4-18-8-11-21-20(14-18)15-23(28)26-21;/h6-11,14,22,25H,2-5,12-13,15-16H2,1H3,(H,26,28);1H. The molecule has 2 N–H and O–H groups in total. The van der Waals surface area contributed by atoms with E-state index < -0.39 is 0 Å². The fourth-order valence-corrected chi connectivity index (χ4v) is 4.30. The van der Waals surface area contributed by atoms with Gasteiger partial charge in [-0.3, -0.25) is 9.59 Å². The van der Waals surface area contributed by atoms with E-state index in [1.165, 1.54) is 16.7 Å². The summed E-state index contributed by atoms with van der Waals surface area (Å²) in [6.45, 7) is 4.57. The van der Waals surface area contributed by atoms with Crippen LogP contribution in [-0.4, -0.2) is 36.3 Å². The smallest absolute Gasteiger partial charge is 0.228 e. The predicted molar refractivity (Wildman–Crippen MR) is 122 cm³/mol. The van der Waals surface area contributed by atoms with Gasteiger partial charge in [-0.15, -0.1) is 12.4 Å². The van der Waals surface area contributed by atoms with Crippen LogP contribution < -0.4 is 10.6 Å². The third kappa shape index (κ3) is 5.02. The number of nitrogens with zero attached hydrogens (tertiary/aromatic N) is 1. The number of benzene rings is 2. The number of halogens is 1. The Morgan fingerprint density at radius 2 is 1.90 bits per heavy atom. The molecule has 0 bridgehead atoms. The zero-order valence-corrected chi connectivity index (χ0v) is 18.3. The minimum atomic E-state index is 0. The summed E-state index contributed by atoms with van der Waals surface area (Å²) >= 11 is 0. The summed E-state index contributed by atoms with van der Waals surface area (Å²) in [5, 5.41) is 6.29. The van der Waals surface area contributed by atoms with Crippen molar-refractivity contribution in [3.63, 3.8) is 0 Å². The lowest BCUT2D eigenvalue weighted by Crippen LogP contribution is -2.48. The Kier molecular flexibility index (Phi) is 7.51. The van der Waals surface area contributed by atoms with Crippen molar-refractivity contribution in [1.82, 2.24) is 10.2 Å². The molecule has 2 amide bonds. The lowest BCUT2D eigenvalue weighted by Gasteiger charge is -2.36. The summed E-state index contributed by atoms with van der Waals surface area (Å²) in [7, 11) is 0. The molecular weight excluding hydrogens is 398 g/mol. The monoisotopic (exact) mass is 427 g/mol. The number of anilines is 1. The summed E-state index contributed by atoms with van der Waals surface area (Å²) in [6, 6.07) is 14.9. The van der Waals surface area contributed by atoms with E-state index in [-0.39, 0.29) is 30.3 Å². The molecule has 2 aromatic carbocycles. The Hall–Kier alpha value is -2.37. The van der Waals surface area contributed by atoms with Gasteiger partial charge >= 0.3 is 0 Å². The molecule has 1 atom stereocenters. The molecule has 0 radical (unpaired) electrons. The molecule has 1 unspecified atom stereocenters. The molecule has 2 heterocycles. The summed E-state index contributed by atoms with van der Waals surface area (Å²) in [5.74, 6) is 0.290. The second-order valence-corrected chi connectivity index (χ2v) is 7.97. The zero-order chi connectivity index (χ0) is 20.2. The van der Waals surface area contributed by atoms with Crippen molar-refractivity contribution in [2.24, 2.45) is 0 Å². The molecule has 2 aliphatic rings. The third-order valence-electron chi connectivity index (χ3n) is 5.99. The number of fused-ring (bicyclic) bond motifs is 1. The van der Waals surface area contributed by atoms with E-state index >= 15 is 0 Å². The fourth-order valence-electron chi connectivity index (χ4n) is 4.30. The second-order valence-electron chi connectivity index (χ2n) is 7.97. The highest BCUT2D eigenvalue weighted by molar-refractivity contribution is 5.99. The number of carbonyl (C=O) groups is 2. The molecule has 0 saturated carbocycles. The van der Waals surface area contributed by atoms with Gasteiger partial charge in [-0.2, -0.15) is 0 Å². The van der Waals surface area contributed by atoms with E-state index in [1.54, 1.807) is 0 Å². The molecule has 5 nitrogen and oxygen atoms in total. The summed E-state index contributed by atoms with van der Waals surface area (Å²) in [6.07, 6.45) is 3.72. The average Bonchev–Trinajstić information content (AvgIpc) is 3.13. The Morgan fingerprint density at radius 1 is 1.13 bits per heavy atom. The van der Waals surface area contributed by atoms with E-state index in [0.717, 1.165) is 50.1 Å². The van der Waals surface area contributed by atoms with Crippen LogP contribution in [-0.2, 0) is 28.9 Å². The van der Waals surface area contributed by atoms with E-state index in [9.17, 15) is 9.59 Å². The molecule has 0 aromatic heterocycles. The van der Waals surface area contributed by atoms with E-state index in [1.807, 2.05) is 11.0 Å². The highest BCUT2D eigenvalue weighted by Crippen LogP contribution is 2.26. The van der Waals surface area contributed by atoms with Crippen LogP contribution in [0, 0.1) is 0 Å². The summed E-state index contributed by atoms with van der Waals surface area (Å²) in [5.41, 5.74) is 5.71. The molecule has 0 spiro atoms. The van der Waals surface area contributed by atoms with Crippen LogP contribution >= 0.6 is 12.4 Å². The quantitative estimate of drug-likeness (QED) is 0.739. The van der Waals surface area contributed by atoms with Gasteiger partial charge < -0.3 is 15.5 Å². The molecule has 1 fully saturated rings. The van der Waals surface area contributed by atoms with Gasteiger partial charge in [-0.25, -0.2) is 0 Å². The number of carbonyl (C=O) groups excluding carboxylic acids is 2. The zero-order valence-electron chi connectivity index (χ0n) is 17.4. The minimum Gasteiger partial charge on any atom is -0.333 e. The van der Waals surface area contributed by atoms with Gasteiger partial charge in [0.25, 0.3) is 0 Å². The molecule has 30 heavy (non-hydrogen) atoms. The highest BCUT2D eigenvalue weighted by Gasteiger charge is 2.27. The molecule has 0 aliphatic carbocycles. The van der Waals surface area contributed by atoms with Crippen molar-refractivity contribution in [2.75, 3.05) is 25.0 Å². The molecule has 6 heteroatoms. The number of nitrogens with one attached hydrogen (secondary N) is 2. The van der Waals surface area contributed by atoms with Gasteiger partial charge in [-0.05, 0) is 47.6 Å². The molecule has 2 aromatic rings. The van der Waals surface area contributed by atoms with E-state index in [0.29, 0.717) is 12.8 Å². The summed E-state index contributed by atoms with van der Waals surface area (Å²) < 4.78 is 0. The van der Waals surface area contributed by atoms with Crippen molar-refractivity contribution in [3.05, 3.63) is 64.7 Å². The highest BCUT2D eigenvalue weighted by atomic mass is 35.5. The van der Waals surface area contributed by atoms with Crippen molar-refractivity contribution >= 4 is 29.9 Å². The first kappa shape index (κ1) is 22.3. The maximum absolute atomic E-state index is 13.0. The first-order valence-corrected chi connectivity index (χ1v) is 10.6. The van der Waals surface area contributed by atoms with Crippen LogP contribution in [0.5, 0.6) is 0 Å². The van der Waals surface area contributed by atoms with Crippen LogP contribution in [0.4, 0.5) is 5.69 Å². The lowest BCUT2D eigenvalue weighted by molar-refractivity contribution is -0.134. The van der Waals surface area contributed by atoms with Crippen molar-refractivity contribution in [1.29, 1.82) is 0 Å². The average molecular weight is 428 g/mol. The van der Waals surface area contributed by atoms with Gasteiger partial charge in [0.05, 0.1) is 12.5 Å². The Balaban J connectivity index is 0.00000256. The number of hydrogen-bond donors (Lipinski definition) is 2. The third-order valence-corrected chi connectivity index (χ3v) is 5.99. The van der Waals surface area contributed by atoms with Crippen LogP contribution in [0.15, 0.2) is 42.5 Å². The summed E-state index contributed by atoms with van der Waals surface area (Å²) in [4.78, 5) is 26.5. The molecular formula is C24H30ClN3O2. The maximum Gasteiger partial charge on any atom is 0.228 e. The number of amides is 2. The second kappa shape index (κ2) is 10.1. The van der Waals surface area contributed by atoms with Crippen molar-refractivity contribution in [2.45, 2.75) is 45.1 Å². The Labute approximate surface area is 184 Å². The van der Waals surface area contributed by atoms with Gasteiger partial charge in [0, 0.05) is 31.7 Å². The number of hydrogen-bond acceptors (Lipinski definition) is 3. The predicted octanol–water partition coefficient (Wildman–Crippen LogP) is 3.66. The first-order chi connectivity index (χ1) is 14.1. The normalized spacial score (nSPS) is 17.8. The van der Waals surface area contributed by atoms with Crippen LogP contribution in [0.1, 0.15) is 48.1 Å². The largest absolute Gasteiger partial charge is 0.333 e.